The third kappa shape index (κ3) is 1.92. The molecule has 0 aliphatic heterocycles. The molecule has 0 fully saturated rings. The van der Waals surface area contributed by atoms with E-state index >= 15 is 0 Å². The molecule has 0 unspecified atom stereocenters. The van der Waals surface area contributed by atoms with Crippen LogP contribution in [0.15, 0.2) is 57.9 Å². The van der Waals surface area contributed by atoms with Gasteiger partial charge in [0.25, 0.3) is 5.56 Å². The summed E-state index contributed by atoms with van der Waals surface area (Å²) in [7, 11) is 0. The second kappa shape index (κ2) is 4.31. The number of aryl methyl sites for hydroxylation is 1. The van der Waals surface area contributed by atoms with E-state index in [0.717, 1.165) is 38.9 Å². The molecular formula is C17H12N2O2. The Hall–Kier alpha value is -2.88. The number of furan rings is 1. The Morgan fingerprint density at radius 3 is 2.86 bits per heavy atom. The minimum Gasteiger partial charge on any atom is -0.456 e. The normalized spacial score (nSPS) is 11.3. The molecule has 4 aromatic rings. The van der Waals surface area contributed by atoms with E-state index in [2.05, 4.69) is 9.97 Å². The van der Waals surface area contributed by atoms with Crippen molar-refractivity contribution < 1.29 is 4.42 Å². The number of hydrogen-bond donors (Lipinski definition) is 1. The maximum atomic E-state index is 11.4. The molecule has 0 saturated heterocycles. The van der Waals surface area contributed by atoms with E-state index in [1.807, 2.05) is 49.4 Å². The first kappa shape index (κ1) is 11.9. The van der Waals surface area contributed by atoms with Gasteiger partial charge in [0.1, 0.15) is 11.3 Å². The van der Waals surface area contributed by atoms with Gasteiger partial charge in [0, 0.05) is 10.9 Å². The van der Waals surface area contributed by atoms with Gasteiger partial charge in [0.2, 0.25) is 0 Å². The van der Waals surface area contributed by atoms with Gasteiger partial charge in [-0.15, -0.1) is 0 Å². The van der Waals surface area contributed by atoms with Gasteiger partial charge in [-0.25, -0.2) is 4.98 Å². The van der Waals surface area contributed by atoms with Crippen LogP contribution < -0.4 is 5.56 Å². The van der Waals surface area contributed by atoms with E-state index in [0.29, 0.717) is 0 Å². The molecule has 0 bridgehead atoms. The van der Waals surface area contributed by atoms with Crippen LogP contribution in [-0.4, -0.2) is 9.97 Å². The van der Waals surface area contributed by atoms with Gasteiger partial charge < -0.3 is 9.40 Å². The zero-order valence-corrected chi connectivity index (χ0v) is 11.4. The van der Waals surface area contributed by atoms with E-state index in [9.17, 15) is 4.79 Å². The smallest absolute Gasteiger partial charge is 0.266 e. The average molecular weight is 276 g/mol. The molecule has 102 valence electrons. The molecule has 1 N–H and O–H groups in total. The Bertz CT molecular complexity index is 995. The van der Waals surface area contributed by atoms with Crippen molar-refractivity contribution in [2.45, 2.75) is 6.92 Å². The van der Waals surface area contributed by atoms with E-state index in [1.54, 1.807) is 0 Å². The highest BCUT2D eigenvalue weighted by Crippen LogP contribution is 2.32. The molecule has 0 aliphatic rings. The lowest BCUT2D eigenvalue weighted by Crippen LogP contribution is -2.05. The molecule has 4 rings (SSSR count). The topological polar surface area (TPSA) is 58.9 Å². The van der Waals surface area contributed by atoms with Crippen LogP contribution in [0.4, 0.5) is 0 Å². The second-order valence-corrected chi connectivity index (χ2v) is 5.10. The summed E-state index contributed by atoms with van der Waals surface area (Å²) in [6.07, 6.45) is 1.30. The molecule has 0 atom stereocenters. The van der Waals surface area contributed by atoms with Crippen molar-refractivity contribution in [1.29, 1.82) is 0 Å². The SMILES string of the molecule is Cc1cc(-c2cc3ccccc3o2)c2ncc(=O)[nH]c2c1. The van der Waals surface area contributed by atoms with Crippen molar-refractivity contribution in [3.63, 3.8) is 0 Å². The zero-order valence-electron chi connectivity index (χ0n) is 11.4. The number of aromatic nitrogens is 2. The zero-order chi connectivity index (χ0) is 14.4. The fraction of sp³-hybridized carbons (Fsp3) is 0.0588. The summed E-state index contributed by atoms with van der Waals surface area (Å²) in [5.74, 6) is 0.754. The summed E-state index contributed by atoms with van der Waals surface area (Å²) >= 11 is 0. The van der Waals surface area contributed by atoms with Crippen LogP contribution in [0.3, 0.4) is 0 Å². The number of fused-ring (bicyclic) bond motifs is 2. The quantitative estimate of drug-likeness (QED) is 0.577. The first-order valence-electron chi connectivity index (χ1n) is 6.69. The molecule has 4 heteroatoms. The standard InChI is InChI=1S/C17H12N2O2/c1-10-6-12(17-13(7-10)19-16(20)9-18-17)15-8-11-4-2-3-5-14(11)21-15/h2-9H,1H3,(H,19,20). The summed E-state index contributed by atoms with van der Waals surface area (Å²) in [5.41, 5.74) is 4.02. The number of hydrogen-bond acceptors (Lipinski definition) is 3. The van der Waals surface area contributed by atoms with Crippen LogP contribution in [0, 0.1) is 6.92 Å². The van der Waals surface area contributed by atoms with Gasteiger partial charge in [0.15, 0.2) is 0 Å². The molecule has 2 aromatic heterocycles. The number of rotatable bonds is 1. The minimum absolute atomic E-state index is 0.205. The van der Waals surface area contributed by atoms with Gasteiger partial charge in [-0.05, 0) is 36.8 Å². The Balaban J connectivity index is 2.07. The summed E-state index contributed by atoms with van der Waals surface area (Å²) in [5, 5.41) is 1.05. The summed E-state index contributed by atoms with van der Waals surface area (Å²) in [6.45, 7) is 1.98. The lowest BCUT2D eigenvalue weighted by Gasteiger charge is -2.04. The highest BCUT2D eigenvalue weighted by molar-refractivity contribution is 5.93. The Morgan fingerprint density at radius 2 is 2.00 bits per heavy atom. The Morgan fingerprint density at radius 1 is 1.14 bits per heavy atom. The number of para-hydroxylation sites is 1. The van der Waals surface area contributed by atoms with E-state index in [-0.39, 0.29) is 5.56 Å². The fourth-order valence-corrected chi connectivity index (χ4v) is 2.60. The number of nitrogens with zero attached hydrogens (tertiary/aromatic N) is 1. The monoisotopic (exact) mass is 276 g/mol. The maximum Gasteiger partial charge on any atom is 0.266 e. The van der Waals surface area contributed by atoms with Gasteiger partial charge >= 0.3 is 0 Å². The van der Waals surface area contributed by atoms with E-state index in [1.165, 1.54) is 6.20 Å². The van der Waals surface area contributed by atoms with Gasteiger partial charge in [-0.3, -0.25) is 4.79 Å². The molecule has 0 radical (unpaired) electrons. The molecule has 0 amide bonds. The van der Waals surface area contributed by atoms with Crippen molar-refractivity contribution in [3.8, 4) is 11.3 Å². The van der Waals surface area contributed by atoms with Crippen LogP contribution in [0.1, 0.15) is 5.56 Å². The molecule has 0 spiro atoms. The van der Waals surface area contributed by atoms with Crippen molar-refractivity contribution in [2.75, 3.05) is 0 Å². The summed E-state index contributed by atoms with van der Waals surface area (Å²) in [6, 6.07) is 13.8. The number of benzene rings is 2. The largest absolute Gasteiger partial charge is 0.456 e. The lowest BCUT2D eigenvalue weighted by molar-refractivity contribution is 0.632. The summed E-state index contributed by atoms with van der Waals surface area (Å²) < 4.78 is 5.92. The van der Waals surface area contributed by atoms with Gasteiger partial charge in [-0.2, -0.15) is 0 Å². The molecule has 21 heavy (non-hydrogen) atoms. The van der Waals surface area contributed by atoms with Crippen LogP contribution in [0.2, 0.25) is 0 Å². The second-order valence-electron chi connectivity index (χ2n) is 5.10. The van der Waals surface area contributed by atoms with Crippen LogP contribution in [0.5, 0.6) is 0 Å². The first-order valence-corrected chi connectivity index (χ1v) is 6.69. The first-order chi connectivity index (χ1) is 10.2. The summed E-state index contributed by atoms with van der Waals surface area (Å²) in [4.78, 5) is 18.5. The molecule has 0 aliphatic carbocycles. The van der Waals surface area contributed by atoms with Gasteiger partial charge in [-0.1, -0.05) is 18.2 Å². The number of nitrogens with one attached hydrogen (secondary N) is 1. The average Bonchev–Trinajstić information content (AvgIpc) is 2.89. The molecule has 4 nitrogen and oxygen atoms in total. The third-order valence-corrected chi connectivity index (χ3v) is 3.51. The van der Waals surface area contributed by atoms with E-state index in [4.69, 9.17) is 4.42 Å². The molecule has 2 heterocycles. The van der Waals surface area contributed by atoms with E-state index < -0.39 is 0 Å². The van der Waals surface area contributed by atoms with Crippen molar-refractivity contribution in [2.24, 2.45) is 0 Å². The minimum atomic E-state index is -0.205. The molecule has 0 saturated carbocycles. The predicted molar refractivity (Wildman–Crippen MR) is 82.3 cm³/mol. The highest BCUT2D eigenvalue weighted by atomic mass is 16.3. The Kier molecular flexibility index (Phi) is 2.44. The fourth-order valence-electron chi connectivity index (χ4n) is 2.60. The van der Waals surface area contributed by atoms with Crippen LogP contribution in [-0.2, 0) is 0 Å². The highest BCUT2D eigenvalue weighted by Gasteiger charge is 2.12. The predicted octanol–water partition coefficient (Wildman–Crippen LogP) is 3.64. The number of aromatic amines is 1. The number of H-pyrrole nitrogens is 1. The van der Waals surface area contributed by atoms with Crippen molar-refractivity contribution >= 4 is 22.0 Å². The lowest BCUT2D eigenvalue weighted by atomic mass is 10.1. The maximum absolute atomic E-state index is 11.4. The van der Waals surface area contributed by atoms with Crippen molar-refractivity contribution in [1.82, 2.24) is 9.97 Å². The van der Waals surface area contributed by atoms with Crippen molar-refractivity contribution in [3.05, 3.63) is 64.6 Å². The molecule has 2 aromatic carbocycles. The van der Waals surface area contributed by atoms with Crippen LogP contribution in [0.25, 0.3) is 33.3 Å². The third-order valence-electron chi connectivity index (χ3n) is 3.51. The van der Waals surface area contributed by atoms with Crippen LogP contribution >= 0.6 is 0 Å². The Labute approximate surface area is 120 Å². The molecular weight excluding hydrogens is 264 g/mol. The van der Waals surface area contributed by atoms with Gasteiger partial charge in [0.05, 0.1) is 17.2 Å².